The summed E-state index contributed by atoms with van der Waals surface area (Å²) in [7, 11) is 0. The van der Waals surface area contributed by atoms with Gasteiger partial charge in [0.15, 0.2) is 4.96 Å². The van der Waals surface area contributed by atoms with E-state index in [2.05, 4.69) is 20.2 Å². The predicted octanol–water partition coefficient (Wildman–Crippen LogP) is 2.22. The number of nitrogens with two attached hydrogens (primary N) is 2. The summed E-state index contributed by atoms with van der Waals surface area (Å²) in [5, 5.41) is 7.52. The number of pyridine rings is 1. The van der Waals surface area contributed by atoms with Crippen molar-refractivity contribution in [3.8, 4) is 11.4 Å². The topological polar surface area (TPSA) is 107 Å². The number of hydrogen-bond donors (Lipinski definition) is 2. The number of nitrogens with zero attached hydrogens (tertiary/aromatic N) is 5. The number of halogens is 2. The van der Waals surface area contributed by atoms with Crippen LogP contribution in [-0.4, -0.2) is 26.5 Å². The zero-order valence-corrected chi connectivity index (χ0v) is 14.5. The number of thiazole rings is 1. The number of aryl methyl sites for hydroxylation is 1. The van der Waals surface area contributed by atoms with Crippen LogP contribution >= 0.6 is 36.2 Å². The van der Waals surface area contributed by atoms with Crippen molar-refractivity contribution >= 4 is 53.3 Å². The first-order valence-corrected chi connectivity index (χ1v) is 6.98. The van der Waals surface area contributed by atoms with Gasteiger partial charge in [0.05, 0.1) is 17.6 Å². The van der Waals surface area contributed by atoms with Gasteiger partial charge in [-0.05, 0) is 19.1 Å². The average Bonchev–Trinajstić information content (AvgIpc) is 2.97. The van der Waals surface area contributed by atoms with Crippen LogP contribution in [0.3, 0.4) is 0 Å². The van der Waals surface area contributed by atoms with Crippen LogP contribution < -0.4 is 11.5 Å². The normalized spacial score (nSPS) is 10.3. The SMILES string of the molecule is Cc1cn2c(/C=N/N=C(N)N)c(-c3ccccn3)nc2s1.Cl.Cl. The lowest BCUT2D eigenvalue weighted by atomic mass is 10.2. The van der Waals surface area contributed by atoms with Crippen LogP contribution in [0.1, 0.15) is 10.6 Å². The van der Waals surface area contributed by atoms with E-state index in [0.29, 0.717) is 0 Å². The van der Waals surface area contributed by atoms with E-state index in [1.54, 1.807) is 23.7 Å². The monoisotopic (exact) mass is 371 g/mol. The van der Waals surface area contributed by atoms with Gasteiger partial charge in [0.1, 0.15) is 5.69 Å². The van der Waals surface area contributed by atoms with E-state index in [4.69, 9.17) is 11.5 Å². The fraction of sp³-hybridized carbons (Fsp3) is 0.0769. The van der Waals surface area contributed by atoms with Crippen LogP contribution in [0.5, 0.6) is 0 Å². The molecule has 0 saturated carbocycles. The minimum absolute atomic E-state index is 0. The maximum absolute atomic E-state index is 5.28. The molecule has 10 heteroatoms. The van der Waals surface area contributed by atoms with Crippen LogP contribution in [0, 0.1) is 6.92 Å². The first kappa shape index (κ1) is 18.9. The molecule has 3 rings (SSSR count). The molecule has 3 aromatic heterocycles. The molecule has 0 fully saturated rings. The van der Waals surface area contributed by atoms with Crippen molar-refractivity contribution in [2.75, 3.05) is 0 Å². The molecule has 0 saturated heterocycles. The molecule has 0 atom stereocenters. The molecule has 0 aliphatic heterocycles. The molecular formula is C13H15Cl2N7S. The molecule has 0 radical (unpaired) electrons. The first-order chi connectivity index (χ1) is 10.1. The lowest BCUT2D eigenvalue weighted by Gasteiger charge is -1.97. The van der Waals surface area contributed by atoms with Crippen LogP contribution in [0.25, 0.3) is 16.3 Å². The number of guanidine groups is 1. The summed E-state index contributed by atoms with van der Waals surface area (Å²) >= 11 is 1.60. The maximum Gasteiger partial charge on any atom is 0.211 e. The highest BCUT2D eigenvalue weighted by atomic mass is 35.5. The van der Waals surface area contributed by atoms with Crippen molar-refractivity contribution in [2.24, 2.45) is 21.7 Å². The van der Waals surface area contributed by atoms with Crippen molar-refractivity contribution < 1.29 is 0 Å². The van der Waals surface area contributed by atoms with E-state index < -0.39 is 0 Å². The fourth-order valence-electron chi connectivity index (χ4n) is 1.94. The van der Waals surface area contributed by atoms with Gasteiger partial charge >= 0.3 is 0 Å². The van der Waals surface area contributed by atoms with Crippen molar-refractivity contribution in [3.05, 3.63) is 41.2 Å². The molecule has 23 heavy (non-hydrogen) atoms. The second-order valence-corrected chi connectivity index (χ2v) is 5.54. The van der Waals surface area contributed by atoms with Crippen molar-refractivity contribution in [1.29, 1.82) is 0 Å². The van der Waals surface area contributed by atoms with E-state index in [0.717, 1.165) is 26.9 Å². The third-order valence-electron chi connectivity index (χ3n) is 2.74. The number of hydrogen-bond acceptors (Lipinski definition) is 5. The average molecular weight is 372 g/mol. The Hall–Kier alpha value is -2.16. The van der Waals surface area contributed by atoms with E-state index in [9.17, 15) is 0 Å². The maximum atomic E-state index is 5.28. The quantitative estimate of drug-likeness (QED) is 0.418. The highest BCUT2D eigenvalue weighted by molar-refractivity contribution is 7.17. The Morgan fingerprint density at radius 1 is 1.30 bits per heavy atom. The third kappa shape index (κ3) is 3.98. The number of aromatic nitrogens is 3. The number of imidazole rings is 1. The Labute approximate surface area is 149 Å². The van der Waals surface area contributed by atoms with Gasteiger partial charge in [-0.15, -0.1) is 41.3 Å². The van der Waals surface area contributed by atoms with E-state index >= 15 is 0 Å². The molecule has 4 N–H and O–H groups in total. The summed E-state index contributed by atoms with van der Waals surface area (Å²) in [6, 6.07) is 5.68. The minimum atomic E-state index is -0.0899. The second kappa shape index (κ2) is 7.91. The summed E-state index contributed by atoms with van der Waals surface area (Å²) in [6.45, 7) is 2.02. The van der Waals surface area contributed by atoms with Crippen molar-refractivity contribution in [3.63, 3.8) is 0 Å². The Morgan fingerprint density at radius 2 is 2.09 bits per heavy atom. The number of rotatable bonds is 3. The zero-order valence-electron chi connectivity index (χ0n) is 12.1. The summed E-state index contributed by atoms with van der Waals surface area (Å²) < 4.78 is 1.95. The predicted molar refractivity (Wildman–Crippen MR) is 98.9 cm³/mol. The summed E-state index contributed by atoms with van der Waals surface area (Å²) in [5.74, 6) is -0.0899. The molecule has 0 spiro atoms. The van der Waals surface area contributed by atoms with Gasteiger partial charge in [-0.2, -0.15) is 5.10 Å². The second-order valence-electron chi connectivity index (χ2n) is 4.32. The highest BCUT2D eigenvalue weighted by Gasteiger charge is 2.15. The molecule has 0 amide bonds. The lowest BCUT2D eigenvalue weighted by molar-refractivity contribution is 1.17. The van der Waals surface area contributed by atoms with E-state index in [1.807, 2.05) is 35.7 Å². The molecule has 7 nitrogen and oxygen atoms in total. The summed E-state index contributed by atoms with van der Waals surface area (Å²) in [4.78, 5) is 11.0. The summed E-state index contributed by atoms with van der Waals surface area (Å²) in [5.41, 5.74) is 12.9. The van der Waals surface area contributed by atoms with E-state index in [-0.39, 0.29) is 30.8 Å². The first-order valence-electron chi connectivity index (χ1n) is 6.17. The van der Waals surface area contributed by atoms with Crippen LogP contribution in [0.2, 0.25) is 0 Å². The van der Waals surface area contributed by atoms with Crippen LogP contribution in [0.15, 0.2) is 40.8 Å². The molecule has 0 unspecified atom stereocenters. The molecule has 0 aromatic carbocycles. The molecule has 0 bridgehead atoms. The standard InChI is InChI=1S/C13H13N7S.2ClH/c1-8-7-20-10(6-17-19-12(14)15)11(18-13(20)21-8)9-4-2-3-5-16-9;;/h2-7H,1H3,(H4,14,15,19);2*1H/b17-6+;;. The van der Waals surface area contributed by atoms with Crippen molar-refractivity contribution in [1.82, 2.24) is 14.4 Å². The molecule has 3 heterocycles. The van der Waals surface area contributed by atoms with Crippen LogP contribution in [-0.2, 0) is 0 Å². The molecule has 0 aliphatic rings. The van der Waals surface area contributed by atoms with Crippen LogP contribution in [0.4, 0.5) is 0 Å². The van der Waals surface area contributed by atoms with Gasteiger partial charge in [0.25, 0.3) is 0 Å². The highest BCUT2D eigenvalue weighted by Crippen LogP contribution is 2.26. The Bertz CT molecular complexity index is 835. The van der Waals surface area contributed by atoms with Crippen molar-refractivity contribution in [2.45, 2.75) is 6.92 Å². The molecular weight excluding hydrogens is 357 g/mol. The van der Waals surface area contributed by atoms with Gasteiger partial charge in [0, 0.05) is 17.3 Å². The van der Waals surface area contributed by atoms with E-state index in [1.165, 1.54) is 0 Å². The van der Waals surface area contributed by atoms with Gasteiger partial charge < -0.3 is 11.5 Å². The molecule has 122 valence electrons. The Kier molecular flexibility index (Phi) is 6.49. The molecule has 3 aromatic rings. The smallest absolute Gasteiger partial charge is 0.211 e. The van der Waals surface area contributed by atoms with Gasteiger partial charge in [-0.3, -0.25) is 9.38 Å². The number of fused-ring (bicyclic) bond motifs is 1. The molecule has 0 aliphatic carbocycles. The largest absolute Gasteiger partial charge is 0.369 e. The fourth-order valence-corrected chi connectivity index (χ4v) is 2.77. The van der Waals surface area contributed by atoms with Gasteiger partial charge in [-0.1, -0.05) is 6.07 Å². The van der Waals surface area contributed by atoms with Gasteiger partial charge in [-0.25, -0.2) is 4.98 Å². The zero-order chi connectivity index (χ0) is 14.8. The van der Waals surface area contributed by atoms with Gasteiger partial charge in [0.2, 0.25) is 5.96 Å². The Morgan fingerprint density at radius 3 is 2.74 bits per heavy atom. The lowest BCUT2D eigenvalue weighted by Crippen LogP contribution is -2.21. The Balaban J connectivity index is 0.00000132. The third-order valence-corrected chi connectivity index (χ3v) is 3.64. The summed E-state index contributed by atoms with van der Waals surface area (Å²) in [6.07, 6.45) is 5.30. The minimum Gasteiger partial charge on any atom is -0.369 e.